The lowest BCUT2D eigenvalue weighted by molar-refractivity contribution is 0.0947. The first kappa shape index (κ1) is 26.2. The van der Waals surface area contributed by atoms with Gasteiger partial charge in [-0.15, -0.1) is 0 Å². The van der Waals surface area contributed by atoms with Gasteiger partial charge in [-0.05, 0) is 93.4 Å². The van der Waals surface area contributed by atoms with Gasteiger partial charge in [0.2, 0.25) is 0 Å². The number of benzene rings is 3. The highest BCUT2D eigenvalue weighted by atomic mass is 16.2. The number of nitrogens with one attached hydrogen (secondary N) is 4. The Labute approximate surface area is 211 Å². The Morgan fingerprint density at radius 3 is 1.39 bits per heavy atom. The molecule has 3 aromatic rings. The Hall–Kier alpha value is -4.46. The zero-order valence-corrected chi connectivity index (χ0v) is 20.9. The smallest absolute Gasteiger partial charge is 0.271 e. The zero-order chi connectivity index (χ0) is 25.9. The van der Waals surface area contributed by atoms with Gasteiger partial charge in [0, 0.05) is 34.6 Å². The molecule has 0 aromatic heterocycles. The van der Waals surface area contributed by atoms with Gasteiger partial charge in [0.1, 0.15) is 0 Å². The molecule has 8 nitrogen and oxygen atoms in total. The predicted molar refractivity (Wildman–Crippen MR) is 147 cm³/mol. The van der Waals surface area contributed by atoms with Crippen molar-refractivity contribution in [3.63, 3.8) is 0 Å². The number of hydrazone groups is 2. The van der Waals surface area contributed by atoms with Gasteiger partial charge >= 0.3 is 0 Å². The van der Waals surface area contributed by atoms with Gasteiger partial charge in [-0.2, -0.15) is 10.2 Å². The second-order valence-electron chi connectivity index (χ2n) is 8.82. The summed E-state index contributed by atoms with van der Waals surface area (Å²) in [5, 5.41) is 14.6. The van der Waals surface area contributed by atoms with Crippen molar-refractivity contribution in [3.05, 3.63) is 95.1 Å². The molecule has 0 saturated heterocycles. The van der Waals surface area contributed by atoms with Crippen LogP contribution in [-0.4, -0.2) is 36.3 Å². The molecule has 0 saturated carbocycles. The van der Waals surface area contributed by atoms with Crippen molar-refractivity contribution in [1.82, 2.24) is 10.9 Å². The monoisotopic (exact) mass is 484 g/mol. The standard InChI is InChI=1S/C28H32N6O2/c1-19(2)31-25-12-8-23(9-13-25)27(35)33-29-17-21-6-5-7-22(16-21)18-30-34-28(36)24-10-14-26(15-11-24)32-20(3)4/h5-20,31-32H,1-4H3,(H,33,35)(H,34,36)/b29-17+,30-18+. The molecule has 3 rings (SSSR count). The van der Waals surface area contributed by atoms with Crippen molar-refractivity contribution in [2.75, 3.05) is 10.6 Å². The van der Waals surface area contributed by atoms with Crippen LogP contribution in [-0.2, 0) is 0 Å². The molecule has 0 fully saturated rings. The molecule has 8 heteroatoms. The van der Waals surface area contributed by atoms with E-state index in [9.17, 15) is 9.59 Å². The molecule has 36 heavy (non-hydrogen) atoms. The van der Waals surface area contributed by atoms with Gasteiger partial charge in [-0.1, -0.05) is 18.2 Å². The Bertz CT molecular complexity index is 1120. The van der Waals surface area contributed by atoms with Gasteiger partial charge in [-0.3, -0.25) is 9.59 Å². The van der Waals surface area contributed by atoms with E-state index in [1.807, 2.05) is 48.5 Å². The third-order valence-corrected chi connectivity index (χ3v) is 4.87. The van der Waals surface area contributed by atoms with Crippen molar-refractivity contribution >= 4 is 35.6 Å². The van der Waals surface area contributed by atoms with Crippen LogP contribution < -0.4 is 21.5 Å². The number of carbonyl (C=O) groups excluding carboxylic acids is 2. The van der Waals surface area contributed by atoms with Crippen LogP contribution in [0.5, 0.6) is 0 Å². The SMILES string of the molecule is CC(C)Nc1ccc(C(=O)N/N=C/c2cccc(/C=N/NC(=O)c3ccc(NC(C)C)cc3)c2)cc1. The number of nitrogens with zero attached hydrogens (tertiary/aromatic N) is 2. The van der Waals surface area contributed by atoms with Crippen molar-refractivity contribution in [2.45, 2.75) is 39.8 Å². The van der Waals surface area contributed by atoms with Crippen LogP contribution in [0.1, 0.15) is 59.5 Å². The zero-order valence-electron chi connectivity index (χ0n) is 20.9. The van der Waals surface area contributed by atoms with E-state index in [0.29, 0.717) is 23.2 Å². The predicted octanol–water partition coefficient (Wildman–Crippen LogP) is 4.86. The van der Waals surface area contributed by atoms with Crippen LogP contribution in [0.25, 0.3) is 0 Å². The molecule has 2 amide bonds. The van der Waals surface area contributed by atoms with E-state index in [-0.39, 0.29) is 11.8 Å². The number of rotatable bonds is 10. The van der Waals surface area contributed by atoms with Gasteiger partial charge in [0.15, 0.2) is 0 Å². The van der Waals surface area contributed by atoms with Crippen molar-refractivity contribution in [2.24, 2.45) is 10.2 Å². The quantitative estimate of drug-likeness (QED) is 0.244. The van der Waals surface area contributed by atoms with E-state index in [0.717, 1.165) is 22.5 Å². The van der Waals surface area contributed by atoms with Gasteiger partial charge < -0.3 is 10.6 Å². The lowest BCUT2D eigenvalue weighted by Gasteiger charge is -2.10. The van der Waals surface area contributed by atoms with Crippen molar-refractivity contribution in [3.8, 4) is 0 Å². The molecule has 0 aliphatic carbocycles. The maximum Gasteiger partial charge on any atom is 0.271 e. The number of amides is 2. The normalized spacial score (nSPS) is 11.3. The number of hydrogen-bond donors (Lipinski definition) is 4. The lowest BCUT2D eigenvalue weighted by atomic mass is 10.1. The summed E-state index contributed by atoms with van der Waals surface area (Å²) >= 11 is 0. The third kappa shape index (κ3) is 8.39. The summed E-state index contributed by atoms with van der Waals surface area (Å²) in [7, 11) is 0. The van der Waals surface area contributed by atoms with E-state index in [4.69, 9.17) is 0 Å². The van der Waals surface area contributed by atoms with Crippen LogP contribution >= 0.6 is 0 Å². The highest BCUT2D eigenvalue weighted by Crippen LogP contribution is 2.12. The molecule has 0 unspecified atom stereocenters. The molecule has 0 aliphatic rings. The van der Waals surface area contributed by atoms with E-state index >= 15 is 0 Å². The average molecular weight is 485 g/mol. The van der Waals surface area contributed by atoms with Crippen LogP contribution in [0.4, 0.5) is 11.4 Å². The minimum atomic E-state index is -0.296. The molecule has 0 spiro atoms. The van der Waals surface area contributed by atoms with Gasteiger partial charge in [0.05, 0.1) is 12.4 Å². The van der Waals surface area contributed by atoms with E-state index in [2.05, 4.69) is 59.4 Å². The summed E-state index contributed by atoms with van der Waals surface area (Å²) in [5.74, 6) is -0.591. The molecule has 4 N–H and O–H groups in total. The molecule has 0 heterocycles. The number of hydrogen-bond acceptors (Lipinski definition) is 6. The van der Waals surface area contributed by atoms with Crippen molar-refractivity contribution in [1.29, 1.82) is 0 Å². The third-order valence-electron chi connectivity index (χ3n) is 4.87. The Morgan fingerprint density at radius 1 is 0.639 bits per heavy atom. The topological polar surface area (TPSA) is 107 Å². The molecule has 186 valence electrons. The molecule has 0 bridgehead atoms. The van der Waals surface area contributed by atoms with Crippen LogP contribution in [0, 0.1) is 0 Å². The number of anilines is 2. The summed E-state index contributed by atoms with van der Waals surface area (Å²) in [6.07, 6.45) is 3.10. The molecule has 0 aliphatic heterocycles. The van der Waals surface area contributed by atoms with Gasteiger partial charge in [-0.25, -0.2) is 10.9 Å². The second-order valence-corrected chi connectivity index (χ2v) is 8.82. The average Bonchev–Trinajstić information content (AvgIpc) is 2.84. The highest BCUT2D eigenvalue weighted by molar-refractivity contribution is 5.96. The second kappa shape index (κ2) is 12.9. The van der Waals surface area contributed by atoms with Crippen molar-refractivity contribution < 1.29 is 9.59 Å². The molecule has 3 aromatic carbocycles. The first-order valence-electron chi connectivity index (χ1n) is 11.8. The summed E-state index contributed by atoms with van der Waals surface area (Å²) in [6.45, 7) is 8.21. The maximum absolute atomic E-state index is 12.3. The van der Waals surface area contributed by atoms with E-state index in [1.165, 1.54) is 0 Å². The maximum atomic E-state index is 12.3. The number of carbonyl (C=O) groups is 2. The fourth-order valence-electron chi connectivity index (χ4n) is 3.28. The first-order valence-corrected chi connectivity index (χ1v) is 11.8. The highest BCUT2D eigenvalue weighted by Gasteiger charge is 2.05. The Morgan fingerprint density at radius 2 is 1.03 bits per heavy atom. The van der Waals surface area contributed by atoms with Crippen LogP contribution in [0.15, 0.2) is 83.0 Å². The summed E-state index contributed by atoms with van der Waals surface area (Å²) in [6, 6.07) is 22.4. The Kier molecular flexibility index (Phi) is 9.33. The van der Waals surface area contributed by atoms with Crippen LogP contribution in [0.3, 0.4) is 0 Å². The summed E-state index contributed by atoms with van der Waals surface area (Å²) < 4.78 is 0. The largest absolute Gasteiger partial charge is 0.383 e. The fourth-order valence-corrected chi connectivity index (χ4v) is 3.28. The minimum absolute atomic E-state index is 0.296. The fraction of sp³-hybridized carbons (Fsp3) is 0.214. The van der Waals surface area contributed by atoms with Crippen LogP contribution in [0.2, 0.25) is 0 Å². The van der Waals surface area contributed by atoms with E-state index in [1.54, 1.807) is 36.7 Å². The summed E-state index contributed by atoms with van der Waals surface area (Å²) in [5.41, 5.74) is 9.56. The molecular weight excluding hydrogens is 452 g/mol. The lowest BCUT2D eigenvalue weighted by Crippen LogP contribution is -2.18. The molecule has 0 atom stereocenters. The van der Waals surface area contributed by atoms with E-state index < -0.39 is 0 Å². The minimum Gasteiger partial charge on any atom is -0.383 e. The molecular formula is C28H32N6O2. The first-order chi connectivity index (χ1) is 17.3. The molecule has 0 radical (unpaired) electrons. The van der Waals surface area contributed by atoms with Gasteiger partial charge in [0.25, 0.3) is 11.8 Å². The summed E-state index contributed by atoms with van der Waals surface area (Å²) in [4.78, 5) is 24.6. The Balaban J connectivity index is 1.51.